The number of anilines is 2. The minimum atomic E-state index is -0.0972. The number of nitrogens with one attached hydrogen (secondary N) is 2. The Kier molecular flexibility index (Phi) is 9.72. The number of amides is 1. The van der Waals surface area contributed by atoms with Crippen LogP contribution >= 0.6 is 24.0 Å². The molecule has 0 saturated carbocycles. The molecule has 2 aromatic rings. The van der Waals surface area contributed by atoms with Crippen molar-refractivity contribution < 1.29 is 9.53 Å². The van der Waals surface area contributed by atoms with Crippen LogP contribution in [0.4, 0.5) is 11.4 Å². The molecule has 1 aliphatic heterocycles. The van der Waals surface area contributed by atoms with E-state index in [2.05, 4.69) is 49.7 Å². The van der Waals surface area contributed by atoms with E-state index in [1.165, 1.54) is 12.6 Å². The number of nitrogens with zero attached hydrogens (tertiary/aromatic N) is 3. The largest absolute Gasteiger partial charge is 0.492 e. The summed E-state index contributed by atoms with van der Waals surface area (Å²) in [6, 6.07) is 17.9. The molecule has 8 heteroatoms. The quantitative estimate of drug-likeness (QED) is 0.264. The Balaban J connectivity index is 0.00000320. The Morgan fingerprint density at radius 2 is 1.80 bits per heavy atom. The van der Waals surface area contributed by atoms with Crippen LogP contribution < -0.4 is 20.3 Å². The van der Waals surface area contributed by atoms with Gasteiger partial charge < -0.3 is 25.2 Å². The lowest BCUT2D eigenvalue weighted by molar-refractivity contribution is -0.114. The average Bonchev–Trinajstić information content (AvgIpc) is 2.74. The van der Waals surface area contributed by atoms with Gasteiger partial charge in [-0.05, 0) is 24.3 Å². The fourth-order valence-corrected chi connectivity index (χ4v) is 3.35. The van der Waals surface area contributed by atoms with Crippen LogP contribution in [-0.2, 0) is 4.79 Å². The first-order chi connectivity index (χ1) is 14.2. The fourth-order valence-electron chi connectivity index (χ4n) is 3.35. The van der Waals surface area contributed by atoms with Crippen LogP contribution in [0.2, 0.25) is 0 Å². The molecule has 30 heavy (non-hydrogen) atoms. The number of piperazine rings is 1. The van der Waals surface area contributed by atoms with Crippen LogP contribution in [0.25, 0.3) is 0 Å². The first kappa shape index (κ1) is 23.8. The molecule has 2 N–H and O–H groups in total. The van der Waals surface area contributed by atoms with Gasteiger partial charge in [0.05, 0.1) is 6.54 Å². The number of carbonyl (C=O) groups excluding carboxylic acids is 1. The predicted molar refractivity (Wildman–Crippen MR) is 133 cm³/mol. The maximum absolute atomic E-state index is 11.2. The fraction of sp³-hybridized carbons (Fsp3) is 0.364. The summed E-state index contributed by atoms with van der Waals surface area (Å²) in [5.74, 6) is 1.53. The molecule has 0 unspecified atom stereocenters. The molecule has 0 atom stereocenters. The number of guanidine groups is 1. The average molecular weight is 523 g/mol. The van der Waals surface area contributed by atoms with Crippen molar-refractivity contribution in [2.45, 2.75) is 6.92 Å². The molecule has 0 bridgehead atoms. The molecule has 2 aromatic carbocycles. The minimum absolute atomic E-state index is 0. The van der Waals surface area contributed by atoms with Gasteiger partial charge in [0.15, 0.2) is 5.96 Å². The maximum atomic E-state index is 11.2. The smallest absolute Gasteiger partial charge is 0.221 e. The summed E-state index contributed by atoms with van der Waals surface area (Å²) in [5.41, 5.74) is 2.00. The normalized spacial score (nSPS) is 14.0. The van der Waals surface area contributed by atoms with E-state index in [1.54, 1.807) is 0 Å². The van der Waals surface area contributed by atoms with E-state index >= 15 is 0 Å². The minimum Gasteiger partial charge on any atom is -0.492 e. The predicted octanol–water partition coefficient (Wildman–Crippen LogP) is 3.04. The van der Waals surface area contributed by atoms with Gasteiger partial charge in [-0.25, -0.2) is 0 Å². The molecule has 0 radical (unpaired) electrons. The second kappa shape index (κ2) is 12.3. The number of carbonyl (C=O) groups is 1. The van der Waals surface area contributed by atoms with Crippen molar-refractivity contribution in [1.82, 2.24) is 10.2 Å². The first-order valence-corrected chi connectivity index (χ1v) is 9.92. The Morgan fingerprint density at radius 1 is 1.07 bits per heavy atom. The van der Waals surface area contributed by atoms with E-state index < -0.39 is 0 Å². The molecule has 7 nitrogen and oxygen atoms in total. The highest BCUT2D eigenvalue weighted by Crippen LogP contribution is 2.17. The van der Waals surface area contributed by atoms with E-state index in [1.807, 2.05) is 37.4 Å². The molecule has 1 saturated heterocycles. The molecular weight excluding hydrogens is 493 g/mol. The third-order valence-corrected chi connectivity index (χ3v) is 4.72. The monoisotopic (exact) mass is 523 g/mol. The lowest BCUT2D eigenvalue weighted by atomic mass is 10.2. The van der Waals surface area contributed by atoms with Crippen LogP contribution in [0.3, 0.4) is 0 Å². The molecule has 3 rings (SSSR count). The highest BCUT2D eigenvalue weighted by atomic mass is 127. The van der Waals surface area contributed by atoms with Gasteiger partial charge in [0.1, 0.15) is 12.4 Å². The third-order valence-electron chi connectivity index (χ3n) is 4.72. The van der Waals surface area contributed by atoms with Crippen molar-refractivity contribution in [2.24, 2.45) is 4.99 Å². The summed E-state index contributed by atoms with van der Waals surface area (Å²) in [7, 11) is 1.81. The summed E-state index contributed by atoms with van der Waals surface area (Å²) in [6.07, 6.45) is 0. The van der Waals surface area contributed by atoms with Crippen LogP contribution in [0.1, 0.15) is 6.92 Å². The molecular formula is C22H30IN5O2. The Hall–Kier alpha value is -2.49. The first-order valence-electron chi connectivity index (χ1n) is 9.92. The second-order valence-electron chi connectivity index (χ2n) is 6.84. The molecule has 1 aliphatic rings. The molecule has 1 amide bonds. The number of ether oxygens (including phenoxy) is 1. The summed E-state index contributed by atoms with van der Waals surface area (Å²) >= 11 is 0. The van der Waals surface area contributed by atoms with Crippen LogP contribution in [0, 0.1) is 0 Å². The highest BCUT2D eigenvalue weighted by molar-refractivity contribution is 14.0. The Morgan fingerprint density at radius 3 is 2.47 bits per heavy atom. The van der Waals surface area contributed by atoms with E-state index in [-0.39, 0.29) is 29.9 Å². The Bertz CT molecular complexity index is 823. The molecule has 0 aromatic heterocycles. The van der Waals surface area contributed by atoms with Crippen molar-refractivity contribution in [3.05, 3.63) is 54.6 Å². The summed E-state index contributed by atoms with van der Waals surface area (Å²) in [4.78, 5) is 20.2. The number of aliphatic imine (C=N–C) groups is 1. The lowest BCUT2D eigenvalue weighted by Crippen LogP contribution is -2.53. The molecule has 1 heterocycles. The summed E-state index contributed by atoms with van der Waals surface area (Å²) < 4.78 is 5.79. The van der Waals surface area contributed by atoms with Crippen LogP contribution in [-0.4, -0.2) is 63.1 Å². The van der Waals surface area contributed by atoms with Crippen LogP contribution in [0.5, 0.6) is 5.75 Å². The Labute approximate surface area is 195 Å². The van der Waals surface area contributed by atoms with Gasteiger partial charge in [-0.3, -0.25) is 9.79 Å². The molecule has 1 fully saturated rings. The van der Waals surface area contributed by atoms with E-state index in [0.717, 1.165) is 43.6 Å². The summed E-state index contributed by atoms with van der Waals surface area (Å²) in [6.45, 7) is 6.43. The maximum Gasteiger partial charge on any atom is 0.221 e. The van der Waals surface area contributed by atoms with Crippen molar-refractivity contribution in [3.8, 4) is 5.75 Å². The second-order valence-corrected chi connectivity index (χ2v) is 6.84. The molecule has 162 valence electrons. The van der Waals surface area contributed by atoms with Crippen molar-refractivity contribution in [3.63, 3.8) is 0 Å². The molecule has 0 aliphatic carbocycles. The standard InChI is InChI=1S/C22H29N5O2.HI/c1-18(28)25-19-7-6-10-21(17-19)29-16-11-24-22(23-2)27-14-12-26(13-15-27)20-8-4-3-5-9-20;/h3-10,17H,11-16H2,1-2H3,(H,23,24)(H,25,28);1H. The van der Waals surface area contributed by atoms with Gasteiger partial charge in [0, 0.05) is 57.6 Å². The van der Waals surface area contributed by atoms with Gasteiger partial charge in [0.25, 0.3) is 0 Å². The molecule has 0 spiro atoms. The number of halogens is 1. The number of rotatable bonds is 6. The van der Waals surface area contributed by atoms with E-state index in [9.17, 15) is 4.79 Å². The zero-order valence-electron chi connectivity index (χ0n) is 17.5. The lowest BCUT2D eigenvalue weighted by Gasteiger charge is -2.37. The number of benzene rings is 2. The number of hydrogen-bond acceptors (Lipinski definition) is 4. The number of para-hydroxylation sites is 1. The topological polar surface area (TPSA) is 69.2 Å². The zero-order valence-corrected chi connectivity index (χ0v) is 19.8. The van der Waals surface area contributed by atoms with Gasteiger partial charge in [-0.1, -0.05) is 24.3 Å². The van der Waals surface area contributed by atoms with E-state index in [4.69, 9.17) is 4.74 Å². The van der Waals surface area contributed by atoms with Crippen molar-refractivity contribution in [1.29, 1.82) is 0 Å². The summed E-state index contributed by atoms with van der Waals surface area (Å²) in [5, 5.41) is 6.13. The highest BCUT2D eigenvalue weighted by Gasteiger charge is 2.19. The van der Waals surface area contributed by atoms with Crippen molar-refractivity contribution in [2.75, 3.05) is 56.6 Å². The SMILES string of the molecule is CN=C(NCCOc1cccc(NC(C)=O)c1)N1CCN(c2ccccc2)CC1.I. The van der Waals surface area contributed by atoms with Crippen LogP contribution in [0.15, 0.2) is 59.6 Å². The van der Waals surface area contributed by atoms with E-state index in [0.29, 0.717) is 13.2 Å². The zero-order chi connectivity index (χ0) is 20.5. The van der Waals surface area contributed by atoms with Gasteiger partial charge in [-0.15, -0.1) is 24.0 Å². The van der Waals surface area contributed by atoms with Gasteiger partial charge >= 0.3 is 0 Å². The van der Waals surface area contributed by atoms with Gasteiger partial charge in [0.2, 0.25) is 5.91 Å². The third kappa shape index (κ3) is 7.08. The van der Waals surface area contributed by atoms with Gasteiger partial charge in [-0.2, -0.15) is 0 Å². The number of hydrogen-bond donors (Lipinski definition) is 2. The van der Waals surface area contributed by atoms with Crippen molar-refractivity contribution >= 4 is 47.2 Å².